The van der Waals surface area contributed by atoms with Crippen molar-refractivity contribution in [3.63, 3.8) is 0 Å². The Hall–Kier alpha value is -1.42. The van der Waals surface area contributed by atoms with Gasteiger partial charge < -0.3 is 52.5 Å². The van der Waals surface area contributed by atoms with Gasteiger partial charge in [0.1, 0.15) is 6.61 Å². The van der Waals surface area contributed by atoms with Crippen molar-refractivity contribution >= 4 is 11.9 Å². The Balaban J connectivity index is 3.07. The fraction of sp³-hybridized carbons (Fsp3) is 0.926. The summed E-state index contributed by atoms with van der Waals surface area (Å²) >= 11 is 0. The van der Waals surface area contributed by atoms with Crippen molar-refractivity contribution in [1.29, 1.82) is 0 Å². The van der Waals surface area contributed by atoms with Gasteiger partial charge >= 0.3 is 11.9 Å². The van der Waals surface area contributed by atoms with Gasteiger partial charge in [0.25, 0.3) is 0 Å². The Kier molecular flexibility index (Phi) is 32.6. The molecule has 0 saturated carbocycles. The van der Waals surface area contributed by atoms with Crippen LogP contribution in [0.4, 0.5) is 0 Å². The smallest absolute Gasteiger partial charge is 0.305 e. The van der Waals surface area contributed by atoms with Crippen LogP contribution in [-0.2, 0) is 57.0 Å². The summed E-state index contributed by atoms with van der Waals surface area (Å²) in [6.07, 6.45) is 3.48. The first-order valence-corrected chi connectivity index (χ1v) is 14.2. The number of hydrogen-bond acceptors (Lipinski definition) is 12. The number of aliphatic carboxylic acids is 1. The minimum atomic E-state index is -0.875. The molecule has 13 nitrogen and oxygen atoms in total. The number of ether oxygens (including phenoxy) is 10. The maximum atomic E-state index is 11.4. The molecule has 0 heterocycles. The van der Waals surface area contributed by atoms with Gasteiger partial charge in [-0.2, -0.15) is 0 Å². The largest absolute Gasteiger partial charge is 0.481 e. The summed E-state index contributed by atoms with van der Waals surface area (Å²) in [6, 6.07) is 0. The molecule has 0 aliphatic heterocycles. The fourth-order valence-electron chi connectivity index (χ4n) is 2.83. The molecule has 0 aliphatic rings. The van der Waals surface area contributed by atoms with E-state index in [1.165, 1.54) is 0 Å². The monoisotopic (exact) mass is 584 g/mol. The average Bonchev–Trinajstić information content (AvgIpc) is 2.94. The van der Waals surface area contributed by atoms with Crippen molar-refractivity contribution in [3.8, 4) is 0 Å². The highest BCUT2D eigenvalue weighted by molar-refractivity contribution is 5.69. The predicted molar refractivity (Wildman–Crippen MR) is 145 cm³/mol. The van der Waals surface area contributed by atoms with E-state index >= 15 is 0 Å². The Morgan fingerprint density at radius 2 is 0.725 bits per heavy atom. The molecule has 0 aromatic heterocycles. The van der Waals surface area contributed by atoms with Crippen LogP contribution in [-0.4, -0.2) is 143 Å². The molecule has 0 radical (unpaired) electrons. The van der Waals surface area contributed by atoms with Gasteiger partial charge in [-0.1, -0.05) is 19.8 Å². The SMILES string of the molecule is CCCCCC(=O)OCCOCCOCCOCCOCCOCCOCCOCCOCCOCCC(=O)O. The van der Waals surface area contributed by atoms with E-state index in [-0.39, 0.29) is 25.6 Å². The minimum Gasteiger partial charge on any atom is -0.481 e. The first-order valence-electron chi connectivity index (χ1n) is 14.2. The number of rotatable bonds is 34. The Bertz CT molecular complexity index is 537. The van der Waals surface area contributed by atoms with Crippen molar-refractivity contribution in [2.75, 3.05) is 126 Å². The van der Waals surface area contributed by atoms with Crippen LogP contribution in [0.1, 0.15) is 39.0 Å². The van der Waals surface area contributed by atoms with E-state index in [4.69, 9.17) is 52.5 Å². The number of carboxylic acids is 1. The van der Waals surface area contributed by atoms with Gasteiger partial charge in [-0.25, -0.2) is 0 Å². The lowest BCUT2D eigenvalue weighted by Crippen LogP contribution is -2.15. The van der Waals surface area contributed by atoms with Crippen molar-refractivity contribution in [2.24, 2.45) is 0 Å². The number of carbonyl (C=O) groups is 2. The van der Waals surface area contributed by atoms with Gasteiger partial charge in [0.2, 0.25) is 0 Å². The Morgan fingerprint density at radius 3 is 1.02 bits per heavy atom. The molecule has 40 heavy (non-hydrogen) atoms. The highest BCUT2D eigenvalue weighted by Crippen LogP contribution is 2.00. The molecule has 0 amide bonds. The van der Waals surface area contributed by atoms with Crippen molar-refractivity contribution in [2.45, 2.75) is 39.0 Å². The molecule has 0 fully saturated rings. The van der Waals surface area contributed by atoms with Crippen LogP contribution in [0.15, 0.2) is 0 Å². The maximum absolute atomic E-state index is 11.4. The molecular formula is C27H52O13. The molecule has 0 saturated heterocycles. The van der Waals surface area contributed by atoms with E-state index in [1.807, 2.05) is 0 Å². The van der Waals surface area contributed by atoms with Crippen molar-refractivity contribution < 1.29 is 62.1 Å². The normalized spacial score (nSPS) is 11.2. The molecule has 0 unspecified atom stereocenters. The molecule has 0 aromatic rings. The lowest BCUT2D eigenvalue weighted by Gasteiger charge is -2.09. The second-order valence-electron chi connectivity index (χ2n) is 8.33. The van der Waals surface area contributed by atoms with E-state index in [2.05, 4.69) is 6.92 Å². The predicted octanol–water partition coefficient (Wildman–Crippen LogP) is 1.73. The fourth-order valence-corrected chi connectivity index (χ4v) is 2.83. The highest BCUT2D eigenvalue weighted by Gasteiger charge is 2.02. The van der Waals surface area contributed by atoms with Crippen LogP contribution < -0.4 is 0 Å². The zero-order chi connectivity index (χ0) is 29.2. The minimum absolute atomic E-state index is 0.00310. The summed E-state index contributed by atoms with van der Waals surface area (Å²) in [7, 11) is 0. The van der Waals surface area contributed by atoms with Crippen LogP contribution in [0.2, 0.25) is 0 Å². The highest BCUT2D eigenvalue weighted by atomic mass is 16.6. The van der Waals surface area contributed by atoms with Gasteiger partial charge in [-0.05, 0) is 6.42 Å². The third kappa shape index (κ3) is 34.6. The second kappa shape index (κ2) is 33.8. The molecule has 0 aromatic carbocycles. The van der Waals surface area contributed by atoms with E-state index in [1.54, 1.807) is 0 Å². The lowest BCUT2D eigenvalue weighted by molar-refractivity contribution is -0.145. The van der Waals surface area contributed by atoms with E-state index < -0.39 is 5.97 Å². The van der Waals surface area contributed by atoms with E-state index in [0.29, 0.717) is 119 Å². The summed E-state index contributed by atoms with van der Waals surface area (Å²) in [6.45, 7) is 10.3. The summed E-state index contributed by atoms with van der Waals surface area (Å²) in [4.78, 5) is 21.7. The molecule has 13 heteroatoms. The molecule has 1 N–H and O–H groups in total. The third-order valence-corrected chi connectivity index (χ3v) is 4.91. The average molecular weight is 585 g/mol. The maximum Gasteiger partial charge on any atom is 0.305 e. The van der Waals surface area contributed by atoms with Gasteiger partial charge in [-0.3, -0.25) is 9.59 Å². The lowest BCUT2D eigenvalue weighted by atomic mass is 10.2. The third-order valence-electron chi connectivity index (χ3n) is 4.91. The van der Waals surface area contributed by atoms with Gasteiger partial charge in [0.05, 0.1) is 125 Å². The van der Waals surface area contributed by atoms with Crippen LogP contribution >= 0.6 is 0 Å². The molecule has 238 valence electrons. The van der Waals surface area contributed by atoms with E-state index in [9.17, 15) is 9.59 Å². The number of hydrogen-bond donors (Lipinski definition) is 1. The second-order valence-corrected chi connectivity index (χ2v) is 8.33. The number of esters is 1. The van der Waals surface area contributed by atoms with Crippen molar-refractivity contribution in [1.82, 2.24) is 0 Å². The molecular weight excluding hydrogens is 532 g/mol. The summed E-state index contributed by atoms with van der Waals surface area (Å²) in [5.41, 5.74) is 0. The number of unbranched alkanes of at least 4 members (excludes halogenated alkanes) is 2. The standard InChI is InChI=1S/C27H52O13/c1-2-3-4-5-27(30)40-25-24-39-23-22-38-21-20-37-19-18-36-17-16-35-15-14-34-13-12-33-11-10-32-9-8-31-7-6-26(28)29/h2-25H2,1H3,(H,28,29). The summed E-state index contributed by atoms with van der Waals surface area (Å²) in [5.74, 6) is -1.04. The van der Waals surface area contributed by atoms with Crippen LogP contribution in [0.25, 0.3) is 0 Å². The summed E-state index contributed by atoms with van der Waals surface area (Å²) < 4.78 is 53.4. The van der Waals surface area contributed by atoms with Gasteiger partial charge in [0, 0.05) is 6.42 Å². The van der Waals surface area contributed by atoms with Gasteiger partial charge in [0.15, 0.2) is 0 Å². The quantitative estimate of drug-likeness (QED) is 0.0866. The molecule has 0 spiro atoms. The Labute approximate surface area is 238 Å². The topological polar surface area (TPSA) is 147 Å². The molecule has 0 bridgehead atoms. The molecule has 0 atom stereocenters. The number of carbonyl (C=O) groups excluding carboxylic acids is 1. The summed E-state index contributed by atoms with van der Waals surface area (Å²) in [5, 5.41) is 8.47. The molecule has 0 rings (SSSR count). The zero-order valence-corrected chi connectivity index (χ0v) is 24.3. The van der Waals surface area contributed by atoms with Crippen molar-refractivity contribution in [3.05, 3.63) is 0 Å². The van der Waals surface area contributed by atoms with Crippen LogP contribution in [0.5, 0.6) is 0 Å². The van der Waals surface area contributed by atoms with Gasteiger partial charge in [-0.15, -0.1) is 0 Å². The van der Waals surface area contributed by atoms with E-state index in [0.717, 1.165) is 19.3 Å². The number of carboxylic acid groups (broad SMARTS) is 1. The zero-order valence-electron chi connectivity index (χ0n) is 24.3. The van der Waals surface area contributed by atoms with Crippen LogP contribution in [0, 0.1) is 0 Å². The first-order chi connectivity index (χ1) is 19.7. The molecule has 0 aliphatic carbocycles. The Morgan fingerprint density at radius 1 is 0.425 bits per heavy atom. The van der Waals surface area contributed by atoms with Crippen LogP contribution in [0.3, 0.4) is 0 Å². The first kappa shape index (κ1) is 38.6.